The van der Waals surface area contributed by atoms with E-state index in [9.17, 15) is 4.79 Å². The smallest absolute Gasteiger partial charge is 0.222 e. The first-order valence-electron chi connectivity index (χ1n) is 7.35. The lowest BCUT2D eigenvalue weighted by Crippen LogP contribution is -2.41. The summed E-state index contributed by atoms with van der Waals surface area (Å²) < 4.78 is 0. The van der Waals surface area contributed by atoms with Crippen LogP contribution in [0.3, 0.4) is 0 Å². The minimum atomic E-state index is 0.313. The number of rotatable bonds is 3. The molecule has 1 heterocycles. The predicted octanol–water partition coefficient (Wildman–Crippen LogP) is 3.52. The summed E-state index contributed by atoms with van der Waals surface area (Å²) >= 11 is 4.55. The van der Waals surface area contributed by atoms with E-state index in [4.69, 9.17) is 0 Å². The van der Waals surface area contributed by atoms with Crippen molar-refractivity contribution in [2.24, 2.45) is 10.8 Å². The second kappa shape index (κ2) is 5.44. The van der Waals surface area contributed by atoms with Gasteiger partial charge in [0.15, 0.2) is 0 Å². The number of likely N-dealkylation sites (tertiary alicyclic amines) is 1. The van der Waals surface area contributed by atoms with Crippen molar-refractivity contribution in [1.29, 1.82) is 0 Å². The maximum absolute atomic E-state index is 12.2. The summed E-state index contributed by atoms with van der Waals surface area (Å²) in [6, 6.07) is 0. The van der Waals surface area contributed by atoms with Crippen LogP contribution in [-0.2, 0) is 4.79 Å². The van der Waals surface area contributed by atoms with Crippen molar-refractivity contribution in [3.8, 4) is 0 Å². The van der Waals surface area contributed by atoms with Crippen molar-refractivity contribution in [3.63, 3.8) is 0 Å². The van der Waals surface area contributed by atoms with Gasteiger partial charge in [0, 0.05) is 19.5 Å². The fourth-order valence-electron chi connectivity index (χ4n) is 3.35. The molecule has 0 aromatic carbocycles. The first-order chi connectivity index (χ1) is 8.46. The summed E-state index contributed by atoms with van der Waals surface area (Å²) in [4.78, 5) is 14.4. The second-order valence-corrected chi connectivity index (χ2v) is 7.41. The Hall–Kier alpha value is -0.180. The van der Waals surface area contributed by atoms with E-state index >= 15 is 0 Å². The molecule has 1 saturated carbocycles. The highest BCUT2D eigenvalue weighted by molar-refractivity contribution is 7.80. The van der Waals surface area contributed by atoms with Crippen LogP contribution in [0.4, 0.5) is 0 Å². The third-order valence-electron chi connectivity index (χ3n) is 4.95. The molecule has 0 radical (unpaired) electrons. The van der Waals surface area contributed by atoms with E-state index < -0.39 is 0 Å². The largest absolute Gasteiger partial charge is 0.342 e. The highest BCUT2D eigenvalue weighted by Gasteiger charge is 2.37. The standard InChI is InChI=1S/C15H27NOS/c1-14(2)8-5-13(17)16(10-9-14)11-15(12-18)6-3-4-7-15/h18H,3-12H2,1-2H3. The van der Waals surface area contributed by atoms with Crippen molar-refractivity contribution in [3.05, 3.63) is 0 Å². The van der Waals surface area contributed by atoms with Crippen molar-refractivity contribution in [2.75, 3.05) is 18.8 Å². The summed E-state index contributed by atoms with van der Waals surface area (Å²) in [6.07, 6.45) is 8.04. The van der Waals surface area contributed by atoms with Crippen LogP contribution in [0.1, 0.15) is 58.8 Å². The minimum absolute atomic E-state index is 0.313. The van der Waals surface area contributed by atoms with Gasteiger partial charge in [-0.2, -0.15) is 12.6 Å². The lowest BCUT2D eigenvalue weighted by Gasteiger charge is -2.34. The molecule has 1 aliphatic heterocycles. The van der Waals surface area contributed by atoms with E-state index in [0.29, 0.717) is 16.7 Å². The number of nitrogens with zero attached hydrogens (tertiary/aromatic N) is 1. The normalized spacial score (nSPS) is 27.3. The van der Waals surface area contributed by atoms with Crippen LogP contribution < -0.4 is 0 Å². The van der Waals surface area contributed by atoms with Gasteiger partial charge in [-0.1, -0.05) is 26.7 Å². The van der Waals surface area contributed by atoms with Gasteiger partial charge in [0.1, 0.15) is 0 Å². The molecule has 2 aliphatic rings. The van der Waals surface area contributed by atoms with Gasteiger partial charge in [0.05, 0.1) is 0 Å². The fourth-order valence-corrected chi connectivity index (χ4v) is 3.77. The van der Waals surface area contributed by atoms with Crippen LogP contribution in [0.2, 0.25) is 0 Å². The molecule has 0 N–H and O–H groups in total. The molecule has 0 spiro atoms. The molecule has 1 saturated heterocycles. The van der Waals surface area contributed by atoms with Gasteiger partial charge < -0.3 is 4.90 Å². The summed E-state index contributed by atoms with van der Waals surface area (Å²) in [5.41, 5.74) is 0.640. The van der Waals surface area contributed by atoms with Crippen LogP contribution in [0.5, 0.6) is 0 Å². The first-order valence-corrected chi connectivity index (χ1v) is 7.98. The molecule has 2 fully saturated rings. The molecule has 3 heteroatoms. The van der Waals surface area contributed by atoms with E-state index in [0.717, 1.165) is 38.1 Å². The van der Waals surface area contributed by atoms with Crippen LogP contribution in [0.25, 0.3) is 0 Å². The summed E-state index contributed by atoms with van der Waals surface area (Å²) in [5.74, 6) is 1.30. The third kappa shape index (κ3) is 3.23. The quantitative estimate of drug-likeness (QED) is 0.777. The van der Waals surface area contributed by atoms with E-state index in [2.05, 4.69) is 31.4 Å². The molecule has 2 rings (SSSR count). The average molecular weight is 269 g/mol. The van der Waals surface area contributed by atoms with E-state index in [-0.39, 0.29) is 0 Å². The van der Waals surface area contributed by atoms with Crippen LogP contribution >= 0.6 is 12.6 Å². The van der Waals surface area contributed by atoms with Crippen molar-refractivity contribution in [2.45, 2.75) is 58.8 Å². The Morgan fingerprint density at radius 3 is 2.44 bits per heavy atom. The van der Waals surface area contributed by atoms with Gasteiger partial charge in [-0.05, 0) is 42.3 Å². The van der Waals surface area contributed by atoms with E-state index in [1.165, 1.54) is 25.7 Å². The molecule has 1 amide bonds. The molecule has 1 aliphatic carbocycles. The van der Waals surface area contributed by atoms with Gasteiger partial charge in [-0.15, -0.1) is 0 Å². The number of thiol groups is 1. The molecular formula is C15H27NOS. The zero-order valence-corrected chi connectivity index (χ0v) is 12.8. The highest BCUT2D eigenvalue weighted by Crippen LogP contribution is 2.41. The molecule has 2 nitrogen and oxygen atoms in total. The fraction of sp³-hybridized carbons (Fsp3) is 0.933. The summed E-state index contributed by atoms with van der Waals surface area (Å²) in [6.45, 7) is 6.47. The van der Waals surface area contributed by atoms with Gasteiger partial charge in [-0.3, -0.25) is 4.79 Å². The molecule has 18 heavy (non-hydrogen) atoms. The summed E-state index contributed by atoms with van der Waals surface area (Å²) in [5, 5.41) is 0. The minimum Gasteiger partial charge on any atom is -0.342 e. The number of hydrogen-bond donors (Lipinski definition) is 1. The Morgan fingerprint density at radius 1 is 1.17 bits per heavy atom. The zero-order valence-electron chi connectivity index (χ0n) is 11.9. The first kappa shape index (κ1) is 14.2. The van der Waals surface area contributed by atoms with Crippen LogP contribution in [0, 0.1) is 10.8 Å². The third-order valence-corrected chi connectivity index (χ3v) is 5.62. The molecule has 104 valence electrons. The summed E-state index contributed by atoms with van der Waals surface area (Å²) in [7, 11) is 0. The Balaban J connectivity index is 2.01. The Bertz CT molecular complexity index is 308. The maximum Gasteiger partial charge on any atom is 0.222 e. The SMILES string of the molecule is CC1(C)CCC(=O)N(CC2(CS)CCCC2)CC1. The number of carbonyl (C=O) groups excluding carboxylic acids is 1. The van der Waals surface area contributed by atoms with E-state index in [1.54, 1.807) is 0 Å². The lowest BCUT2D eigenvalue weighted by atomic mass is 9.85. The van der Waals surface area contributed by atoms with Gasteiger partial charge in [-0.25, -0.2) is 0 Å². The van der Waals surface area contributed by atoms with Crippen molar-refractivity contribution < 1.29 is 4.79 Å². The Labute approximate surface area is 117 Å². The number of carbonyl (C=O) groups is 1. The Kier molecular flexibility index (Phi) is 4.30. The predicted molar refractivity (Wildman–Crippen MR) is 79.0 cm³/mol. The monoisotopic (exact) mass is 269 g/mol. The molecule has 0 bridgehead atoms. The number of amides is 1. The molecule has 0 atom stereocenters. The van der Waals surface area contributed by atoms with Gasteiger partial charge in [0.25, 0.3) is 0 Å². The van der Waals surface area contributed by atoms with Crippen molar-refractivity contribution in [1.82, 2.24) is 4.90 Å². The Morgan fingerprint density at radius 2 is 1.83 bits per heavy atom. The zero-order chi connectivity index (χ0) is 13.2. The average Bonchev–Trinajstić information content (AvgIpc) is 2.76. The number of hydrogen-bond acceptors (Lipinski definition) is 2. The van der Waals surface area contributed by atoms with Crippen molar-refractivity contribution >= 4 is 18.5 Å². The molecule has 0 aromatic rings. The van der Waals surface area contributed by atoms with Gasteiger partial charge in [0.2, 0.25) is 5.91 Å². The van der Waals surface area contributed by atoms with E-state index in [1.807, 2.05) is 0 Å². The molecule has 0 unspecified atom stereocenters. The van der Waals surface area contributed by atoms with Crippen LogP contribution in [0.15, 0.2) is 0 Å². The highest BCUT2D eigenvalue weighted by atomic mass is 32.1. The topological polar surface area (TPSA) is 20.3 Å². The maximum atomic E-state index is 12.2. The van der Waals surface area contributed by atoms with Crippen LogP contribution in [-0.4, -0.2) is 29.6 Å². The van der Waals surface area contributed by atoms with Gasteiger partial charge >= 0.3 is 0 Å². The molecule has 0 aromatic heterocycles. The lowest BCUT2D eigenvalue weighted by molar-refractivity contribution is -0.132. The second-order valence-electron chi connectivity index (χ2n) is 7.09. The molecular weight excluding hydrogens is 242 g/mol.